The Morgan fingerprint density at radius 2 is 1.91 bits per heavy atom. The van der Waals surface area contributed by atoms with Crippen LogP contribution >= 0.6 is 34.8 Å². The second-order valence-electron chi connectivity index (χ2n) is 5.15. The van der Waals surface area contributed by atoms with E-state index >= 15 is 0 Å². The minimum absolute atomic E-state index is 0.00217. The van der Waals surface area contributed by atoms with E-state index in [9.17, 15) is 13.2 Å². The Kier molecular flexibility index (Phi) is 6.19. The standard InChI is InChI=1S/C14H16Cl3NO4S/c1-2-22-14(19)9-4-3-5-18(8-9)23(20,21)13-7-11(16)10(15)6-12(13)17/h6-7,9H,2-5,8H2,1H3/t9-/m0/s1. The highest BCUT2D eigenvalue weighted by molar-refractivity contribution is 7.89. The normalized spacial score (nSPS) is 19.6. The molecular weight excluding hydrogens is 385 g/mol. The first-order valence-electron chi connectivity index (χ1n) is 7.08. The molecule has 128 valence electrons. The van der Waals surface area contributed by atoms with Gasteiger partial charge in [0.15, 0.2) is 0 Å². The molecule has 1 fully saturated rings. The van der Waals surface area contributed by atoms with E-state index in [-0.39, 0.29) is 39.1 Å². The molecule has 0 amide bonds. The number of piperidine rings is 1. The minimum Gasteiger partial charge on any atom is -0.466 e. The van der Waals surface area contributed by atoms with Crippen LogP contribution in [0, 0.1) is 5.92 Å². The van der Waals surface area contributed by atoms with Crippen LogP contribution in [0.15, 0.2) is 17.0 Å². The van der Waals surface area contributed by atoms with Gasteiger partial charge < -0.3 is 4.74 Å². The highest BCUT2D eigenvalue weighted by atomic mass is 35.5. The number of halogens is 3. The third-order valence-electron chi connectivity index (χ3n) is 3.60. The molecule has 0 unspecified atom stereocenters. The molecule has 1 aromatic carbocycles. The van der Waals surface area contributed by atoms with Crippen molar-refractivity contribution < 1.29 is 17.9 Å². The van der Waals surface area contributed by atoms with Crippen LogP contribution in [-0.4, -0.2) is 38.4 Å². The first-order chi connectivity index (χ1) is 10.8. The van der Waals surface area contributed by atoms with Gasteiger partial charge in [0, 0.05) is 13.1 Å². The predicted octanol–water partition coefficient (Wildman–Crippen LogP) is 3.61. The summed E-state index contributed by atoms with van der Waals surface area (Å²) >= 11 is 17.8. The lowest BCUT2D eigenvalue weighted by molar-refractivity contribution is -0.149. The highest BCUT2D eigenvalue weighted by Crippen LogP contribution is 2.34. The van der Waals surface area contributed by atoms with Gasteiger partial charge in [-0.25, -0.2) is 8.42 Å². The van der Waals surface area contributed by atoms with Gasteiger partial charge in [0.05, 0.1) is 27.6 Å². The smallest absolute Gasteiger partial charge is 0.310 e. The molecule has 1 saturated heterocycles. The Labute approximate surface area is 150 Å². The molecule has 0 N–H and O–H groups in total. The summed E-state index contributed by atoms with van der Waals surface area (Å²) in [7, 11) is -3.86. The number of hydrogen-bond acceptors (Lipinski definition) is 4. The van der Waals surface area contributed by atoms with Crippen molar-refractivity contribution in [3.8, 4) is 0 Å². The average Bonchev–Trinajstić information content (AvgIpc) is 2.51. The van der Waals surface area contributed by atoms with Gasteiger partial charge in [-0.1, -0.05) is 34.8 Å². The zero-order valence-electron chi connectivity index (χ0n) is 12.4. The summed E-state index contributed by atoms with van der Waals surface area (Å²) in [5, 5.41) is 0.282. The second kappa shape index (κ2) is 7.57. The van der Waals surface area contributed by atoms with Crippen LogP contribution in [0.3, 0.4) is 0 Å². The minimum atomic E-state index is -3.86. The van der Waals surface area contributed by atoms with Crippen molar-refractivity contribution in [1.29, 1.82) is 0 Å². The third kappa shape index (κ3) is 4.12. The Hall–Kier alpha value is -0.530. The molecule has 0 saturated carbocycles. The van der Waals surface area contributed by atoms with E-state index in [2.05, 4.69) is 0 Å². The first kappa shape index (κ1) is 18.8. The van der Waals surface area contributed by atoms with E-state index in [0.29, 0.717) is 19.4 Å². The molecule has 0 aromatic heterocycles. The Balaban J connectivity index is 2.29. The molecule has 0 radical (unpaired) electrons. The van der Waals surface area contributed by atoms with Gasteiger partial charge in [-0.15, -0.1) is 0 Å². The first-order valence-corrected chi connectivity index (χ1v) is 9.66. The molecule has 9 heteroatoms. The number of rotatable bonds is 4. The van der Waals surface area contributed by atoms with Crippen LogP contribution in [0.2, 0.25) is 15.1 Å². The summed E-state index contributed by atoms with van der Waals surface area (Å²) in [6.07, 6.45) is 1.17. The number of carbonyl (C=O) groups excluding carboxylic acids is 1. The summed E-state index contributed by atoms with van der Waals surface area (Å²) in [6.45, 7) is 2.36. The van der Waals surface area contributed by atoms with Crippen molar-refractivity contribution in [3.63, 3.8) is 0 Å². The van der Waals surface area contributed by atoms with Gasteiger partial charge in [0.25, 0.3) is 0 Å². The molecule has 1 heterocycles. The lowest BCUT2D eigenvalue weighted by Crippen LogP contribution is -2.42. The maximum Gasteiger partial charge on any atom is 0.310 e. The van der Waals surface area contributed by atoms with Gasteiger partial charge in [0.2, 0.25) is 10.0 Å². The molecule has 23 heavy (non-hydrogen) atoms. The molecule has 1 atom stereocenters. The van der Waals surface area contributed by atoms with Crippen LogP contribution in [-0.2, 0) is 19.6 Å². The van der Waals surface area contributed by atoms with Gasteiger partial charge in [0.1, 0.15) is 4.90 Å². The molecule has 0 aliphatic carbocycles. The molecule has 1 aromatic rings. The number of carbonyl (C=O) groups is 1. The molecule has 2 rings (SSSR count). The number of benzene rings is 1. The molecule has 0 spiro atoms. The third-order valence-corrected chi connectivity index (χ3v) is 6.65. The van der Waals surface area contributed by atoms with Crippen molar-refractivity contribution in [1.82, 2.24) is 4.31 Å². The van der Waals surface area contributed by atoms with E-state index < -0.39 is 15.9 Å². The molecule has 0 bridgehead atoms. The van der Waals surface area contributed by atoms with E-state index in [4.69, 9.17) is 39.5 Å². The number of hydrogen-bond donors (Lipinski definition) is 0. The Morgan fingerprint density at radius 3 is 2.57 bits per heavy atom. The van der Waals surface area contributed by atoms with Gasteiger partial charge >= 0.3 is 5.97 Å². The van der Waals surface area contributed by atoms with E-state index in [1.165, 1.54) is 16.4 Å². The lowest BCUT2D eigenvalue weighted by Gasteiger charge is -2.31. The molecule has 1 aliphatic rings. The zero-order chi connectivity index (χ0) is 17.2. The number of ether oxygens (including phenoxy) is 1. The Morgan fingerprint density at radius 1 is 1.26 bits per heavy atom. The van der Waals surface area contributed by atoms with E-state index in [1.54, 1.807) is 6.92 Å². The SMILES string of the molecule is CCOC(=O)[C@H]1CCCN(S(=O)(=O)c2cc(Cl)c(Cl)cc2Cl)C1. The largest absolute Gasteiger partial charge is 0.466 e. The fourth-order valence-corrected chi connectivity index (χ4v) is 4.95. The summed E-state index contributed by atoms with van der Waals surface area (Å²) in [5.74, 6) is -0.854. The van der Waals surface area contributed by atoms with Crippen LogP contribution in [0.1, 0.15) is 19.8 Å². The average molecular weight is 401 g/mol. The van der Waals surface area contributed by atoms with Crippen molar-refractivity contribution in [2.75, 3.05) is 19.7 Å². The number of sulfonamides is 1. The van der Waals surface area contributed by atoms with Crippen molar-refractivity contribution in [3.05, 3.63) is 27.2 Å². The fraction of sp³-hybridized carbons (Fsp3) is 0.500. The lowest BCUT2D eigenvalue weighted by atomic mass is 10.0. The summed E-state index contributed by atoms with van der Waals surface area (Å²) in [5.41, 5.74) is 0. The quantitative estimate of drug-likeness (QED) is 0.572. The summed E-state index contributed by atoms with van der Waals surface area (Å²) < 4.78 is 31.8. The monoisotopic (exact) mass is 399 g/mol. The fourth-order valence-electron chi connectivity index (χ4n) is 2.45. The summed E-state index contributed by atoms with van der Waals surface area (Å²) in [4.78, 5) is 11.8. The van der Waals surface area contributed by atoms with Crippen LogP contribution in [0.4, 0.5) is 0 Å². The van der Waals surface area contributed by atoms with Crippen LogP contribution in [0.5, 0.6) is 0 Å². The summed E-state index contributed by atoms with van der Waals surface area (Å²) in [6, 6.07) is 2.53. The van der Waals surface area contributed by atoms with Crippen LogP contribution < -0.4 is 0 Å². The molecular formula is C14H16Cl3NO4S. The van der Waals surface area contributed by atoms with E-state index in [0.717, 1.165) is 0 Å². The van der Waals surface area contributed by atoms with Gasteiger partial charge in [-0.3, -0.25) is 4.79 Å². The van der Waals surface area contributed by atoms with Crippen LogP contribution in [0.25, 0.3) is 0 Å². The van der Waals surface area contributed by atoms with Gasteiger partial charge in [-0.05, 0) is 31.9 Å². The highest BCUT2D eigenvalue weighted by Gasteiger charge is 2.35. The van der Waals surface area contributed by atoms with Gasteiger partial charge in [-0.2, -0.15) is 4.31 Å². The number of nitrogens with zero attached hydrogens (tertiary/aromatic N) is 1. The van der Waals surface area contributed by atoms with Crippen molar-refractivity contribution >= 4 is 50.8 Å². The van der Waals surface area contributed by atoms with E-state index in [1.807, 2.05) is 0 Å². The molecule has 5 nitrogen and oxygen atoms in total. The second-order valence-corrected chi connectivity index (χ2v) is 8.28. The maximum absolute atomic E-state index is 12.8. The van der Waals surface area contributed by atoms with Crippen molar-refractivity contribution in [2.24, 2.45) is 5.92 Å². The predicted molar refractivity (Wildman–Crippen MR) is 89.6 cm³/mol. The Bertz CT molecular complexity index is 708. The zero-order valence-corrected chi connectivity index (χ0v) is 15.5. The molecule has 1 aliphatic heterocycles. The van der Waals surface area contributed by atoms with Crippen molar-refractivity contribution in [2.45, 2.75) is 24.7 Å². The topological polar surface area (TPSA) is 63.7 Å². The maximum atomic E-state index is 12.8. The number of esters is 1.